The molecule has 0 unspecified atom stereocenters. The van der Waals surface area contributed by atoms with Gasteiger partial charge in [-0.05, 0) is 29.5 Å². The summed E-state index contributed by atoms with van der Waals surface area (Å²) >= 11 is 1.84. The molecule has 3 rings (SSSR count). The van der Waals surface area contributed by atoms with Gasteiger partial charge in [0.25, 0.3) is 0 Å². The van der Waals surface area contributed by atoms with Crippen molar-refractivity contribution in [3.8, 4) is 5.75 Å². The molecule has 1 N–H and O–H groups in total. The van der Waals surface area contributed by atoms with Crippen LogP contribution in [0.4, 0.5) is 0 Å². The standard InChI is InChI=1S/C14H15NOS/c16-13-4-2-1-3-12(13)9-15-7-5-11-6-8-17-14(11)10-15/h1-4,6,8,16H,5,7,9-10H2. The quantitative estimate of drug-likeness (QED) is 0.879. The molecule has 2 aromatic rings. The summed E-state index contributed by atoms with van der Waals surface area (Å²) in [6.07, 6.45) is 1.13. The fraction of sp³-hybridized carbons (Fsp3) is 0.286. The van der Waals surface area contributed by atoms with Crippen LogP contribution in [-0.4, -0.2) is 16.6 Å². The van der Waals surface area contributed by atoms with Crippen LogP contribution in [0.3, 0.4) is 0 Å². The number of rotatable bonds is 2. The second-order valence-corrected chi connectivity index (χ2v) is 5.46. The zero-order valence-electron chi connectivity index (χ0n) is 9.60. The van der Waals surface area contributed by atoms with Crippen molar-refractivity contribution in [2.75, 3.05) is 6.54 Å². The van der Waals surface area contributed by atoms with E-state index in [9.17, 15) is 5.11 Å². The summed E-state index contributed by atoms with van der Waals surface area (Å²) in [5.74, 6) is 0.407. The Balaban J connectivity index is 1.74. The highest BCUT2D eigenvalue weighted by molar-refractivity contribution is 7.10. The number of fused-ring (bicyclic) bond motifs is 1. The van der Waals surface area contributed by atoms with Crippen molar-refractivity contribution in [1.29, 1.82) is 0 Å². The van der Waals surface area contributed by atoms with Crippen LogP contribution in [0, 0.1) is 0 Å². The summed E-state index contributed by atoms with van der Waals surface area (Å²) in [4.78, 5) is 3.88. The van der Waals surface area contributed by atoms with Crippen LogP contribution in [0.2, 0.25) is 0 Å². The highest BCUT2D eigenvalue weighted by atomic mass is 32.1. The van der Waals surface area contributed by atoms with Gasteiger partial charge in [0.05, 0.1) is 0 Å². The molecule has 2 heterocycles. The third-order valence-corrected chi connectivity index (χ3v) is 4.24. The topological polar surface area (TPSA) is 23.5 Å². The smallest absolute Gasteiger partial charge is 0.120 e. The van der Waals surface area contributed by atoms with E-state index in [1.165, 1.54) is 10.4 Å². The van der Waals surface area contributed by atoms with Gasteiger partial charge >= 0.3 is 0 Å². The van der Waals surface area contributed by atoms with Gasteiger partial charge in [-0.15, -0.1) is 11.3 Å². The zero-order chi connectivity index (χ0) is 11.7. The Labute approximate surface area is 105 Å². The number of hydrogen-bond donors (Lipinski definition) is 1. The Morgan fingerprint density at radius 3 is 3.00 bits per heavy atom. The lowest BCUT2D eigenvalue weighted by atomic mass is 10.1. The van der Waals surface area contributed by atoms with Gasteiger partial charge < -0.3 is 5.11 Å². The van der Waals surface area contributed by atoms with E-state index in [4.69, 9.17) is 0 Å². The molecular formula is C14H15NOS. The number of para-hydroxylation sites is 1. The third-order valence-electron chi connectivity index (χ3n) is 3.29. The Hall–Kier alpha value is -1.32. The molecule has 0 radical (unpaired) electrons. The molecule has 2 nitrogen and oxygen atoms in total. The van der Waals surface area contributed by atoms with Gasteiger partial charge in [-0.1, -0.05) is 18.2 Å². The monoisotopic (exact) mass is 245 g/mol. The highest BCUT2D eigenvalue weighted by Gasteiger charge is 2.17. The van der Waals surface area contributed by atoms with Gasteiger partial charge in [-0.25, -0.2) is 0 Å². The molecule has 1 aromatic heterocycles. The number of nitrogens with zero attached hydrogens (tertiary/aromatic N) is 1. The van der Waals surface area contributed by atoms with Crippen molar-refractivity contribution in [2.45, 2.75) is 19.5 Å². The first-order valence-electron chi connectivity index (χ1n) is 5.87. The van der Waals surface area contributed by atoms with E-state index < -0.39 is 0 Å². The molecule has 1 aliphatic heterocycles. The van der Waals surface area contributed by atoms with Crippen LogP contribution in [0.25, 0.3) is 0 Å². The first-order chi connectivity index (χ1) is 8.33. The van der Waals surface area contributed by atoms with Crippen LogP contribution < -0.4 is 0 Å². The Kier molecular flexibility index (Phi) is 2.87. The summed E-state index contributed by atoms with van der Waals surface area (Å²) in [6.45, 7) is 2.93. The van der Waals surface area contributed by atoms with E-state index in [-0.39, 0.29) is 0 Å². The van der Waals surface area contributed by atoms with Crippen LogP contribution >= 0.6 is 11.3 Å². The molecule has 0 aliphatic carbocycles. The first kappa shape index (κ1) is 10.8. The maximum atomic E-state index is 9.77. The summed E-state index contributed by atoms with van der Waals surface area (Å²) in [5.41, 5.74) is 2.52. The maximum absolute atomic E-state index is 9.77. The molecule has 0 amide bonds. The van der Waals surface area contributed by atoms with E-state index in [2.05, 4.69) is 16.3 Å². The molecule has 17 heavy (non-hydrogen) atoms. The molecule has 0 fully saturated rings. The van der Waals surface area contributed by atoms with Crippen molar-refractivity contribution in [3.05, 3.63) is 51.7 Å². The summed E-state index contributed by atoms with van der Waals surface area (Å²) in [5, 5.41) is 11.9. The van der Waals surface area contributed by atoms with Crippen molar-refractivity contribution in [1.82, 2.24) is 4.90 Å². The predicted molar refractivity (Wildman–Crippen MR) is 70.2 cm³/mol. The molecule has 88 valence electrons. The summed E-state index contributed by atoms with van der Waals surface area (Å²) in [6, 6.07) is 9.84. The average molecular weight is 245 g/mol. The minimum atomic E-state index is 0.407. The van der Waals surface area contributed by atoms with E-state index in [0.717, 1.165) is 31.6 Å². The normalized spacial score (nSPS) is 15.8. The highest BCUT2D eigenvalue weighted by Crippen LogP contribution is 2.26. The summed E-state index contributed by atoms with van der Waals surface area (Å²) < 4.78 is 0. The van der Waals surface area contributed by atoms with Gasteiger partial charge in [0.15, 0.2) is 0 Å². The SMILES string of the molecule is Oc1ccccc1CN1CCc2ccsc2C1. The number of aromatic hydroxyl groups is 1. The molecular weight excluding hydrogens is 230 g/mol. The number of hydrogen-bond acceptors (Lipinski definition) is 3. The first-order valence-corrected chi connectivity index (χ1v) is 6.75. The minimum absolute atomic E-state index is 0.407. The zero-order valence-corrected chi connectivity index (χ0v) is 10.4. The average Bonchev–Trinajstić information content (AvgIpc) is 2.79. The lowest BCUT2D eigenvalue weighted by Crippen LogP contribution is -2.29. The molecule has 0 saturated heterocycles. The third kappa shape index (κ3) is 2.21. The second kappa shape index (κ2) is 4.51. The van der Waals surface area contributed by atoms with Crippen LogP contribution in [-0.2, 0) is 19.5 Å². The minimum Gasteiger partial charge on any atom is -0.508 e. The van der Waals surface area contributed by atoms with Gasteiger partial charge in [0.1, 0.15) is 5.75 Å². The van der Waals surface area contributed by atoms with Crippen molar-refractivity contribution in [2.24, 2.45) is 0 Å². The number of phenols is 1. The Bertz CT molecular complexity index is 520. The van der Waals surface area contributed by atoms with E-state index in [1.807, 2.05) is 29.5 Å². The van der Waals surface area contributed by atoms with Crippen molar-refractivity contribution >= 4 is 11.3 Å². The maximum Gasteiger partial charge on any atom is 0.120 e. The number of benzene rings is 1. The largest absolute Gasteiger partial charge is 0.508 e. The summed E-state index contributed by atoms with van der Waals surface area (Å²) in [7, 11) is 0. The van der Waals surface area contributed by atoms with E-state index in [0.29, 0.717) is 5.75 Å². The van der Waals surface area contributed by atoms with Crippen molar-refractivity contribution in [3.63, 3.8) is 0 Å². The molecule has 0 atom stereocenters. The van der Waals surface area contributed by atoms with Gasteiger partial charge in [0.2, 0.25) is 0 Å². The second-order valence-electron chi connectivity index (χ2n) is 4.46. The van der Waals surface area contributed by atoms with Crippen molar-refractivity contribution < 1.29 is 5.11 Å². The number of thiophene rings is 1. The van der Waals surface area contributed by atoms with E-state index in [1.54, 1.807) is 6.07 Å². The van der Waals surface area contributed by atoms with Crippen LogP contribution in [0.1, 0.15) is 16.0 Å². The molecule has 0 bridgehead atoms. The Morgan fingerprint density at radius 1 is 1.24 bits per heavy atom. The van der Waals surface area contributed by atoms with E-state index >= 15 is 0 Å². The fourth-order valence-corrected chi connectivity index (χ4v) is 3.28. The van der Waals surface area contributed by atoms with Gasteiger partial charge in [-0.2, -0.15) is 0 Å². The van der Waals surface area contributed by atoms with Gasteiger partial charge in [-0.3, -0.25) is 4.90 Å². The Morgan fingerprint density at radius 2 is 2.12 bits per heavy atom. The van der Waals surface area contributed by atoms with Crippen LogP contribution in [0.15, 0.2) is 35.7 Å². The van der Waals surface area contributed by atoms with Crippen LogP contribution in [0.5, 0.6) is 5.75 Å². The lowest BCUT2D eigenvalue weighted by Gasteiger charge is -2.26. The molecule has 1 aromatic carbocycles. The molecule has 3 heteroatoms. The number of phenolic OH excluding ortho intramolecular Hbond substituents is 1. The molecule has 1 aliphatic rings. The van der Waals surface area contributed by atoms with Gasteiger partial charge in [0, 0.05) is 30.1 Å². The lowest BCUT2D eigenvalue weighted by molar-refractivity contribution is 0.245. The molecule has 0 saturated carbocycles. The fourth-order valence-electron chi connectivity index (χ4n) is 2.31. The predicted octanol–water partition coefficient (Wildman–Crippen LogP) is 3.01. The molecule has 0 spiro atoms.